The van der Waals surface area contributed by atoms with Crippen molar-refractivity contribution in [3.8, 4) is 0 Å². The van der Waals surface area contributed by atoms with E-state index in [0.717, 1.165) is 0 Å². The third-order valence-electron chi connectivity index (χ3n) is 1.74. The fourth-order valence-electron chi connectivity index (χ4n) is 1.18. The van der Waals surface area contributed by atoms with Crippen LogP contribution in [0.25, 0.3) is 0 Å². The van der Waals surface area contributed by atoms with Gasteiger partial charge in [-0.2, -0.15) is 0 Å². The second kappa shape index (κ2) is 5.50. The van der Waals surface area contributed by atoms with Gasteiger partial charge >= 0.3 is 0 Å². The van der Waals surface area contributed by atoms with Crippen molar-refractivity contribution in [3.05, 3.63) is 11.1 Å². The number of thiol groups is 2. The number of carbonyl (C=O) groups excluding carboxylic acids is 2. The molecule has 0 N–H and O–H groups in total. The van der Waals surface area contributed by atoms with Gasteiger partial charge in [-0.25, -0.2) is 0 Å². The van der Waals surface area contributed by atoms with E-state index in [-0.39, 0.29) is 16.1 Å². The molecule has 0 fully saturated rings. The molecule has 2 nitrogen and oxygen atoms in total. The highest BCUT2D eigenvalue weighted by molar-refractivity contribution is 7.97. The zero-order valence-electron chi connectivity index (χ0n) is 8.00. The Morgan fingerprint density at radius 1 is 1.15 bits per heavy atom. The van der Waals surface area contributed by atoms with E-state index < -0.39 is 0 Å². The van der Waals surface area contributed by atoms with Gasteiger partial charge in [-0.05, 0) is 12.3 Å². The van der Waals surface area contributed by atoms with Crippen LogP contribution < -0.4 is 0 Å². The summed E-state index contributed by atoms with van der Waals surface area (Å²) in [5.41, 5.74) is 0.948. The summed E-state index contributed by atoms with van der Waals surface area (Å²) < 4.78 is 0. The molecule has 74 valence electrons. The van der Waals surface area contributed by atoms with Crippen LogP contribution >= 0.6 is 25.3 Å². The van der Waals surface area contributed by atoms with Crippen molar-refractivity contribution in [2.45, 2.75) is 27.2 Å². The lowest BCUT2D eigenvalue weighted by Gasteiger charge is -2.11. The van der Waals surface area contributed by atoms with Gasteiger partial charge in [0.2, 0.25) is 10.2 Å². The van der Waals surface area contributed by atoms with Crippen LogP contribution in [0, 0.1) is 5.92 Å². The fraction of sp³-hybridized carbons (Fsp3) is 0.556. The van der Waals surface area contributed by atoms with Crippen molar-refractivity contribution in [1.29, 1.82) is 0 Å². The first-order valence-corrected chi connectivity index (χ1v) is 5.00. The third-order valence-corrected chi connectivity index (χ3v) is 2.26. The molecule has 0 aromatic heterocycles. The number of hydrogen-bond donors (Lipinski definition) is 2. The summed E-state index contributed by atoms with van der Waals surface area (Å²) in [4.78, 5) is 22.2. The monoisotopic (exact) mass is 218 g/mol. The summed E-state index contributed by atoms with van der Waals surface area (Å²) in [6.45, 7) is 5.54. The largest absolute Gasteiger partial charge is 0.282 e. The zero-order valence-corrected chi connectivity index (χ0v) is 9.78. The van der Waals surface area contributed by atoms with Gasteiger partial charge in [0, 0.05) is 11.1 Å². The lowest BCUT2D eigenvalue weighted by atomic mass is 9.97. The predicted molar refractivity (Wildman–Crippen MR) is 60.1 cm³/mol. The van der Waals surface area contributed by atoms with Crippen molar-refractivity contribution in [1.82, 2.24) is 0 Å². The van der Waals surface area contributed by atoms with E-state index in [1.54, 1.807) is 0 Å². The predicted octanol–water partition coefficient (Wildman–Crippen LogP) is 2.26. The van der Waals surface area contributed by atoms with Crippen LogP contribution in [-0.4, -0.2) is 10.2 Å². The molecule has 0 aliphatic rings. The molecule has 4 heteroatoms. The van der Waals surface area contributed by atoms with Gasteiger partial charge in [0.15, 0.2) is 0 Å². The molecule has 0 saturated carbocycles. The molecule has 0 saturated heterocycles. The summed E-state index contributed by atoms with van der Waals surface area (Å²) in [7, 11) is 0. The molecule has 13 heavy (non-hydrogen) atoms. The van der Waals surface area contributed by atoms with Gasteiger partial charge in [-0.15, -0.1) is 25.3 Å². The van der Waals surface area contributed by atoms with E-state index in [1.165, 1.54) is 0 Å². The van der Waals surface area contributed by atoms with E-state index in [9.17, 15) is 9.59 Å². The van der Waals surface area contributed by atoms with Gasteiger partial charge in [0.25, 0.3) is 0 Å². The standard InChI is InChI=1S/C9H14O2S2/c1-4-6(8(10)12)7(5(2)3)9(11)13/h5H,4H2,1-3H3,(H,10,12)(H,11,13)/b7-6-. The molecule has 0 bridgehead atoms. The van der Waals surface area contributed by atoms with Crippen LogP contribution in [0.5, 0.6) is 0 Å². The van der Waals surface area contributed by atoms with Crippen LogP contribution in [0.4, 0.5) is 0 Å². The minimum absolute atomic E-state index is 0.0102. The second-order valence-electron chi connectivity index (χ2n) is 3.01. The van der Waals surface area contributed by atoms with Crippen LogP contribution in [0.2, 0.25) is 0 Å². The molecule has 0 spiro atoms. The quantitative estimate of drug-likeness (QED) is 0.560. The number of carbonyl (C=O) groups is 2. The van der Waals surface area contributed by atoms with Crippen LogP contribution in [0.1, 0.15) is 27.2 Å². The van der Waals surface area contributed by atoms with Crippen molar-refractivity contribution in [2.24, 2.45) is 5.92 Å². The molecular weight excluding hydrogens is 204 g/mol. The average Bonchev–Trinajstić information content (AvgIpc) is 1.97. The maximum absolute atomic E-state index is 11.1. The summed E-state index contributed by atoms with van der Waals surface area (Å²) in [5.74, 6) is 0.0102. The lowest BCUT2D eigenvalue weighted by Crippen LogP contribution is -2.09. The Morgan fingerprint density at radius 3 is 1.69 bits per heavy atom. The molecule has 0 radical (unpaired) electrons. The van der Waals surface area contributed by atoms with Crippen molar-refractivity contribution in [3.63, 3.8) is 0 Å². The Balaban J connectivity index is 5.26. The highest BCUT2D eigenvalue weighted by atomic mass is 32.1. The molecule has 0 heterocycles. The molecule has 0 aromatic carbocycles. The molecule has 0 aliphatic carbocycles. The van der Waals surface area contributed by atoms with Crippen LogP contribution in [0.15, 0.2) is 11.1 Å². The van der Waals surface area contributed by atoms with E-state index in [4.69, 9.17) is 0 Å². The summed E-state index contributed by atoms with van der Waals surface area (Å²) in [6, 6.07) is 0. The minimum atomic E-state index is -0.339. The topological polar surface area (TPSA) is 34.1 Å². The first-order chi connectivity index (χ1) is 5.91. The molecule has 0 atom stereocenters. The van der Waals surface area contributed by atoms with Crippen molar-refractivity contribution >= 4 is 35.5 Å². The Morgan fingerprint density at radius 2 is 1.62 bits per heavy atom. The highest BCUT2D eigenvalue weighted by Gasteiger charge is 2.17. The lowest BCUT2D eigenvalue weighted by molar-refractivity contribution is -0.110. The van der Waals surface area contributed by atoms with Gasteiger partial charge < -0.3 is 0 Å². The molecule has 0 aliphatic heterocycles. The molecule has 0 unspecified atom stereocenters. The second-order valence-corrected chi connectivity index (χ2v) is 3.82. The molecule has 0 aromatic rings. The van der Waals surface area contributed by atoms with Gasteiger partial charge in [0.1, 0.15) is 0 Å². The average molecular weight is 218 g/mol. The summed E-state index contributed by atoms with van der Waals surface area (Å²) in [6.07, 6.45) is 0.516. The molecule has 0 amide bonds. The molecule has 0 rings (SSSR count). The van der Waals surface area contributed by atoms with E-state index in [1.807, 2.05) is 20.8 Å². The van der Waals surface area contributed by atoms with Crippen molar-refractivity contribution < 1.29 is 9.59 Å². The van der Waals surface area contributed by atoms with Gasteiger partial charge in [-0.1, -0.05) is 20.8 Å². The fourth-order valence-corrected chi connectivity index (χ4v) is 1.85. The first-order valence-electron chi connectivity index (χ1n) is 4.11. The Hall–Kier alpha value is -0.220. The normalized spacial score (nSPS) is 12.8. The SMILES string of the molecule is CC/C(C(=O)S)=C(/C(=O)S)C(C)C. The van der Waals surface area contributed by atoms with E-state index in [2.05, 4.69) is 25.3 Å². The van der Waals surface area contributed by atoms with Crippen LogP contribution in [0.3, 0.4) is 0 Å². The third kappa shape index (κ3) is 3.56. The Labute approximate surface area is 89.6 Å². The zero-order chi connectivity index (χ0) is 10.6. The van der Waals surface area contributed by atoms with Gasteiger partial charge in [-0.3, -0.25) is 9.59 Å². The minimum Gasteiger partial charge on any atom is -0.282 e. The smallest absolute Gasteiger partial charge is 0.212 e. The van der Waals surface area contributed by atoms with Gasteiger partial charge in [0.05, 0.1) is 0 Å². The Kier molecular flexibility index (Phi) is 5.40. The van der Waals surface area contributed by atoms with Crippen molar-refractivity contribution in [2.75, 3.05) is 0 Å². The maximum atomic E-state index is 11.1. The number of rotatable bonds is 4. The van der Waals surface area contributed by atoms with E-state index >= 15 is 0 Å². The Bertz CT molecular complexity index is 254. The molecular formula is C9H14O2S2. The van der Waals surface area contributed by atoms with E-state index in [0.29, 0.717) is 17.6 Å². The maximum Gasteiger partial charge on any atom is 0.212 e. The summed E-state index contributed by atoms with van der Waals surface area (Å²) >= 11 is 7.46. The highest BCUT2D eigenvalue weighted by Crippen LogP contribution is 2.21. The van der Waals surface area contributed by atoms with Crippen LogP contribution in [-0.2, 0) is 9.59 Å². The first kappa shape index (κ1) is 12.8. The summed E-state index contributed by atoms with van der Waals surface area (Å²) in [5, 5.41) is -0.678. The number of hydrogen-bond acceptors (Lipinski definition) is 2.